The monoisotopic (exact) mass is 1330 g/mol. The first-order valence-electron chi connectivity index (χ1n) is 25.3. The van der Waals surface area contributed by atoms with E-state index < -0.39 is 51.1 Å². The van der Waals surface area contributed by atoms with Gasteiger partial charge in [-0.1, -0.05) is 0 Å². The summed E-state index contributed by atoms with van der Waals surface area (Å²) in [6.07, 6.45) is 15.0. The molecule has 8 rings (SSSR count). The Morgan fingerprint density at radius 2 is 0.471 bits per heavy atom. The van der Waals surface area contributed by atoms with Crippen LogP contribution in [0.25, 0.3) is 0 Å². The Hall–Kier alpha value is -2.45. The first-order chi connectivity index (χ1) is 31.9. The third kappa shape index (κ3) is 13.6. The molecule has 0 saturated heterocycles. The van der Waals surface area contributed by atoms with Gasteiger partial charge in [-0.2, -0.15) is 0 Å². The molecule has 0 N–H and O–H groups in total. The second-order valence-corrected chi connectivity index (χ2v) is 60.8. The van der Waals surface area contributed by atoms with E-state index in [1.54, 1.807) is 65.3 Å². The van der Waals surface area contributed by atoms with Gasteiger partial charge in [0, 0.05) is 0 Å². The van der Waals surface area contributed by atoms with E-state index in [9.17, 15) is 0 Å². The minimum Gasteiger partial charge on any atom is -1.00 e. The quantitative estimate of drug-likeness (QED) is 0.155. The van der Waals surface area contributed by atoms with Crippen LogP contribution in [0.2, 0.25) is 0 Å². The summed E-state index contributed by atoms with van der Waals surface area (Å²) < 4.78 is 7.48. The average molecular weight is 1330 g/mol. The van der Waals surface area contributed by atoms with Gasteiger partial charge < -0.3 is 24.8 Å². The molecule has 0 aromatic heterocycles. The molecule has 4 aromatic carbocycles. The van der Waals surface area contributed by atoms with Crippen LogP contribution in [0, 0.1) is 21.7 Å². The Bertz CT molecular complexity index is 2490. The van der Waals surface area contributed by atoms with E-state index in [2.05, 4.69) is 256 Å². The molecule has 4 aliphatic carbocycles. The molecule has 4 aliphatic rings. The van der Waals surface area contributed by atoms with Gasteiger partial charge in [-0.3, -0.25) is 0 Å². The van der Waals surface area contributed by atoms with Crippen LogP contribution in [-0.4, -0.2) is 11.0 Å². The van der Waals surface area contributed by atoms with Gasteiger partial charge in [0.1, 0.15) is 0 Å². The summed E-state index contributed by atoms with van der Waals surface area (Å²) in [5.41, 5.74) is 12.1. The molecule has 0 bridgehead atoms. The van der Waals surface area contributed by atoms with Crippen LogP contribution in [0.4, 0.5) is 0 Å². The van der Waals surface area contributed by atoms with Crippen LogP contribution in [0.5, 0.6) is 0 Å². The fourth-order valence-electron chi connectivity index (χ4n) is 10.3. The van der Waals surface area contributed by atoms with Crippen molar-refractivity contribution in [3.63, 3.8) is 0 Å². The van der Waals surface area contributed by atoms with Crippen molar-refractivity contribution < 1.29 is 64.9 Å². The molecule has 0 heterocycles. The fraction of sp³-hybridized carbons (Fsp3) is 0.375. The van der Waals surface area contributed by atoms with E-state index >= 15 is 0 Å². The summed E-state index contributed by atoms with van der Waals surface area (Å²) in [4.78, 5) is 0. The van der Waals surface area contributed by atoms with Crippen LogP contribution in [-0.2, 0) is 40.1 Å². The van der Waals surface area contributed by atoms with Crippen molar-refractivity contribution in [2.45, 2.75) is 136 Å². The van der Waals surface area contributed by atoms with Gasteiger partial charge >= 0.3 is 434 Å². The van der Waals surface area contributed by atoms with E-state index in [-0.39, 0.29) is 46.5 Å². The first-order valence-corrected chi connectivity index (χ1v) is 46.2. The number of benzene rings is 4. The maximum Gasteiger partial charge on any atom is -1.00 e. The standard InChI is InChI=1S/2C12H10Si.4C10H15.2ClH.2Hf/c2*1-3-7-11(8-4-1)13-12-9-5-2-6-10-12;4*1-8-5-6-9(7-8)10(2,3)4;;;;/h2*1-10H;4*7H,6H2,1-4H3;2*1H;;/p-2. The predicted octanol–water partition coefficient (Wildman–Crippen LogP) is 9.43. The zero-order chi connectivity index (χ0) is 49.3. The predicted molar refractivity (Wildman–Crippen MR) is 295 cm³/mol. The first kappa shape index (κ1) is 58.4. The number of hydrogen-bond donors (Lipinski definition) is 0. The topological polar surface area (TPSA) is 0 Å². The molecule has 0 saturated carbocycles. The van der Waals surface area contributed by atoms with Crippen molar-refractivity contribution >= 4 is 31.7 Å². The van der Waals surface area contributed by atoms with Crippen molar-refractivity contribution in [2.75, 3.05) is 0 Å². The van der Waals surface area contributed by atoms with Crippen LogP contribution < -0.4 is 45.6 Å². The summed E-state index contributed by atoms with van der Waals surface area (Å²) in [6.45, 7) is 38.3. The smallest absolute Gasteiger partial charge is 1.00 e. The zero-order valence-electron chi connectivity index (χ0n) is 45.4. The molecule has 0 radical (unpaired) electrons. The number of rotatable bonds is 8. The molecule has 0 atom stereocenters. The van der Waals surface area contributed by atoms with Crippen molar-refractivity contribution in [3.05, 3.63) is 204 Å². The van der Waals surface area contributed by atoms with E-state index in [1.807, 2.05) is 13.3 Å². The van der Waals surface area contributed by atoms with Crippen LogP contribution in [0.3, 0.4) is 0 Å². The maximum absolute atomic E-state index is 2.55. The van der Waals surface area contributed by atoms with Gasteiger partial charge in [0.25, 0.3) is 0 Å². The zero-order valence-corrected chi connectivity index (χ0v) is 56.1. The largest absolute Gasteiger partial charge is 1.00 e. The molecule has 0 unspecified atom stereocenters. The molecule has 0 aliphatic heterocycles. The summed E-state index contributed by atoms with van der Waals surface area (Å²) in [7, 11) is 0. The Kier molecular flexibility index (Phi) is 19.9. The molecule has 70 heavy (non-hydrogen) atoms. The number of hydrogen-bond acceptors (Lipinski definition) is 0. The maximum atomic E-state index is 2.55. The van der Waals surface area contributed by atoms with Gasteiger partial charge in [0.2, 0.25) is 0 Å². The van der Waals surface area contributed by atoms with Crippen LogP contribution in [0.15, 0.2) is 204 Å². The van der Waals surface area contributed by atoms with Crippen molar-refractivity contribution in [1.82, 2.24) is 0 Å². The van der Waals surface area contributed by atoms with E-state index in [1.165, 1.54) is 25.7 Å². The van der Waals surface area contributed by atoms with Crippen LogP contribution in [0.1, 0.15) is 136 Å². The molecular formula is C64H80Cl2Hf2Si2-2. The Balaban J connectivity index is 0.000000254. The Labute approximate surface area is 453 Å². The molecule has 4 aromatic rings. The molecule has 0 amide bonds. The minimum absolute atomic E-state index is 0. The van der Waals surface area contributed by atoms with Crippen molar-refractivity contribution in [3.8, 4) is 0 Å². The van der Waals surface area contributed by atoms with E-state index in [0.717, 1.165) is 0 Å². The average Bonchev–Trinajstić information content (AvgIpc) is 4.08. The second kappa shape index (κ2) is 23.8. The second-order valence-electron chi connectivity index (χ2n) is 24.0. The summed E-state index contributed by atoms with van der Waals surface area (Å²) in [5.74, 6) is 0. The molecule has 0 nitrogen and oxygen atoms in total. The third-order valence-corrected chi connectivity index (χ3v) is 69.4. The van der Waals surface area contributed by atoms with E-state index in [4.69, 9.17) is 0 Å². The molecule has 0 spiro atoms. The fourth-order valence-corrected chi connectivity index (χ4v) is 72.0. The van der Waals surface area contributed by atoms with Crippen LogP contribution >= 0.6 is 0 Å². The van der Waals surface area contributed by atoms with Gasteiger partial charge in [0.05, 0.1) is 0 Å². The van der Waals surface area contributed by atoms with Crippen molar-refractivity contribution in [1.29, 1.82) is 0 Å². The summed E-state index contributed by atoms with van der Waals surface area (Å²) >= 11 is -5.05. The Morgan fingerprint density at radius 3 is 0.614 bits per heavy atom. The van der Waals surface area contributed by atoms with Gasteiger partial charge in [-0.15, -0.1) is 0 Å². The summed E-state index contributed by atoms with van der Waals surface area (Å²) in [5, 5.41) is 6.43. The van der Waals surface area contributed by atoms with Crippen molar-refractivity contribution in [2.24, 2.45) is 21.7 Å². The van der Waals surface area contributed by atoms with Gasteiger partial charge in [-0.05, 0) is 0 Å². The molecule has 0 fully saturated rings. The minimum atomic E-state index is -2.52. The summed E-state index contributed by atoms with van der Waals surface area (Å²) in [6, 6.07) is 46.2. The molecule has 368 valence electrons. The van der Waals surface area contributed by atoms with Gasteiger partial charge in [0.15, 0.2) is 0 Å². The molecule has 6 heteroatoms. The van der Waals surface area contributed by atoms with Gasteiger partial charge in [-0.25, -0.2) is 0 Å². The normalized spacial score (nSPS) is 16.2. The Morgan fingerprint density at radius 1 is 0.300 bits per heavy atom. The molecular weight excluding hydrogens is 1250 g/mol. The number of allylic oxidation sites excluding steroid dienone is 16. The SMILES string of the molecule is CC1=[C]([Hf]([C]2=C(C)C=C(C(C)(C)C)C2)=[Si](c2ccccc2)c2ccccc2)CC(C(C)(C)C)=C1.CC1=[C]([Hf]([C]2=C(C)C=C(C(C)(C)C)C2)=[Si](c2ccccc2)c2ccccc2)CC(C(C)(C)C)=C1.[Cl-].[Cl-]. The number of halogens is 2. The van der Waals surface area contributed by atoms with E-state index in [0.29, 0.717) is 0 Å². The third-order valence-electron chi connectivity index (χ3n) is 14.7.